The summed E-state index contributed by atoms with van der Waals surface area (Å²) in [5.41, 5.74) is 7.58. The number of aromatic nitrogens is 2. The average Bonchev–Trinajstić information content (AvgIpc) is 2.51. The molecule has 2 rings (SSSR count). The summed E-state index contributed by atoms with van der Waals surface area (Å²) in [6.45, 7) is 6.00. The van der Waals surface area contributed by atoms with Crippen LogP contribution in [0, 0.1) is 6.92 Å². The zero-order valence-electron chi connectivity index (χ0n) is 8.03. The van der Waals surface area contributed by atoms with Crippen LogP contribution >= 0.6 is 11.3 Å². The van der Waals surface area contributed by atoms with Crippen molar-refractivity contribution in [3.63, 3.8) is 0 Å². The van der Waals surface area contributed by atoms with E-state index in [9.17, 15) is 0 Å². The van der Waals surface area contributed by atoms with Crippen LogP contribution in [0.5, 0.6) is 0 Å². The zero-order valence-corrected chi connectivity index (χ0v) is 8.85. The maximum absolute atomic E-state index is 5.53. The van der Waals surface area contributed by atoms with Gasteiger partial charge in [0, 0.05) is 6.20 Å². The van der Waals surface area contributed by atoms with Gasteiger partial charge in [0.1, 0.15) is 10.3 Å². The second-order valence-corrected chi connectivity index (χ2v) is 3.34. The number of rotatable bonds is 0. The van der Waals surface area contributed by atoms with Crippen molar-refractivity contribution in [3.05, 3.63) is 17.8 Å². The smallest absolute Gasteiger partial charge is 0.182 e. The van der Waals surface area contributed by atoms with E-state index in [0.29, 0.717) is 5.13 Å². The van der Waals surface area contributed by atoms with Gasteiger partial charge in [-0.3, -0.25) is 0 Å². The standard InChI is InChI=1S/C7H7N3S.C2H6/c1-4-2-3-9-6-5(4)10-7(8)11-6;1-2/h2-3H,1H3,(H2,8,10);1-2H3. The summed E-state index contributed by atoms with van der Waals surface area (Å²) < 4.78 is 0. The Kier molecular flexibility index (Phi) is 3.19. The van der Waals surface area contributed by atoms with E-state index >= 15 is 0 Å². The van der Waals surface area contributed by atoms with E-state index in [1.165, 1.54) is 11.3 Å². The van der Waals surface area contributed by atoms with Crippen LogP contribution in [-0.4, -0.2) is 9.97 Å². The molecular weight excluding hydrogens is 182 g/mol. The highest BCUT2D eigenvalue weighted by Gasteiger charge is 2.02. The van der Waals surface area contributed by atoms with E-state index in [-0.39, 0.29) is 0 Å². The zero-order chi connectivity index (χ0) is 9.84. The van der Waals surface area contributed by atoms with Crippen LogP contribution in [0.1, 0.15) is 19.4 Å². The second kappa shape index (κ2) is 4.18. The summed E-state index contributed by atoms with van der Waals surface area (Å²) in [5.74, 6) is 0. The first-order chi connectivity index (χ1) is 6.27. The molecule has 0 saturated heterocycles. The van der Waals surface area contributed by atoms with E-state index in [1.54, 1.807) is 6.20 Å². The summed E-state index contributed by atoms with van der Waals surface area (Å²) in [6.07, 6.45) is 1.77. The van der Waals surface area contributed by atoms with Gasteiger partial charge < -0.3 is 5.73 Å². The Balaban J connectivity index is 0.000000396. The molecular formula is C9H13N3S. The molecule has 2 N–H and O–H groups in total. The first-order valence-electron chi connectivity index (χ1n) is 4.25. The molecule has 3 nitrogen and oxygen atoms in total. The minimum atomic E-state index is 0.585. The predicted octanol–water partition coefficient (Wildman–Crippen LogP) is 2.61. The molecule has 0 unspecified atom stereocenters. The number of pyridine rings is 1. The molecule has 0 atom stereocenters. The highest BCUT2D eigenvalue weighted by molar-refractivity contribution is 7.21. The predicted molar refractivity (Wildman–Crippen MR) is 57.9 cm³/mol. The van der Waals surface area contributed by atoms with Crippen molar-refractivity contribution in [2.75, 3.05) is 5.73 Å². The number of thiazole rings is 1. The molecule has 0 aliphatic carbocycles. The van der Waals surface area contributed by atoms with Crippen molar-refractivity contribution in [2.24, 2.45) is 0 Å². The van der Waals surface area contributed by atoms with Crippen molar-refractivity contribution in [2.45, 2.75) is 20.8 Å². The first-order valence-corrected chi connectivity index (χ1v) is 5.06. The van der Waals surface area contributed by atoms with Gasteiger partial charge in [0.15, 0.2) is 5.13 Å². The minimum Gasteiger partial charge on any atom is -0.375 e. The van der Waals surface area contributed by atoms with E-state index in [4.69, 9.17) is 5.73 Å². The Morgan fingerprint density at radius 1 is 1.38 bits per heavy atom. The molecule has 0 aliphatic rings. The monoisotopic (exact) mass is 195 g/mol. The van der Waals surface area contributed by atoms with Crippen LogP contribution in [0.3, 0.4) is 0 Å². The quantitative estimate of drug-likeness (QED) is 0.703. The van der Waals surface area contributed by atoms with Crippen LogP contribution in [0.4, 0.5) is 5.13 Å². The third-order valence-electron chi connectivity index (χ3n) is 1.52. The molecule has 0 aromatic carbocycles. The third kappa shape index (κ3) is 1.95. The lowest BCUT2D eigenvalue weighted by Gasteiger charge is -1.89. The van der Waals surface area contributed by atoms with E-state index in [1.807, 2.05) is 26.8 Å². The molecule has 0 saturated carbocycles. The SMILES string of the molecule is CC.Cc1ccnc2sc(N)nc12. The van der Waals surface area contributed by atoms with Crippen LogP contribution in [-0.2, 0) is 0 Å². The van der Waals surface area contributed by atoms with Gasteiger partial charge in [-0.25, -0.2) is 9.97 Å². The van der Waals surface area contributed by atoms with Gasteiger partial charge in [0.25, 0.3) is 0 Å². The number of nitrogens with two attached hydrogens (primary N) is 1. The minimum absolute atomic E-state index is 0.585. The molecule has 2 aromatic heterocycles. The number of nitrogen functional groups attached to an aromatic ring is 1. The molecule has 13 heavy (non-hydrogen) atoms. The normalized spacial score (nSPS) is 9.46. The molecule has 0 radical (unpaired) electrons. The maximum Gasteiger partial charge on any atom is 0.182 e. The Morgan fingerprint density at radius 3 is 2.69 bits per heavy atom. The Hall–Kier alpha value is -1.16. The van der Waals surface area contributed by atoms with Crippen LogP contribution < -0.4 is 5.73 Å². The molecule has 0 bridgehead atoms. The number of fused-ring (bicyclic) bond motifs is 1. The molecule has 0 amide bonds. The number of hydrogen-bond donors (Lipinski definition) is 1. The topological polar surface area (TPSA) is 51.8 Å². The van der Waals surface area contributed by atoms with Crippen molar-refractivity contribution < 1.29 is 0 Å². The molecule has 0 spiro atoms. The second-order valence-electron chi connectivity index (χ2n) is 2.33. The summed E-state index contributed by atoms with van der Waals surface area (Å²) in [4.78, 5) is 9.20. The molecule has 2 aromatic rings. The van der Waals surface area contributed by atoms with Crippen LogP contribution in [0.25, 0.3) is 10.3 Å². The number of hydrogen-bond acceptors (Lipinski definition) is 4. The Labute approximate surface area is 81.6 Å². The fourth-order valence-electron chi connectivity index (χ4n) is 0.968. The van der Waals surface area contributed by atoms with Gasteiger partial charge >= 0.3 is 0 Å². The molecule has 4 heteroatoms. The lowest BCUT2D eigenvalue weighted by molar-refractivity contribution is 1.35. The van der Waals surface area contributed by atoms with Crippen molar-refractivity contribution >= 4 is 26.8 Å². The molecule has 2 heterocycles. The van der Waals surface area contributed by atoms with E-state index in [2.05, 4.69) is 9.97 Å². The number of nitrogens with zero attached hydrogens (tertiary/aromatic N) is 2. The molecule has 0 fully saturated rings. The van der Waals surface area contributed by atoms with Crippen molar-refractivity contribution in [1.82, 2.24) is 9.97 Å². The largest absolute Gasteiger partial charge is 0.375 e. The average molecular weight is 195 g/mol. The van der Waals surface area contributed by atoms with Gasteiger partial charge in [0.05, 0.1) is 0 Å². The fourth-order valence-corrected chi connectivity index (χ4v) is 1.72. The lowest BCUT2D eigenvalue weighted by atomic mass is 10.3. The maximum atomic E-state index is 5.53. The highest BCUT2D eigenvalue weighted by Crippen LogP contribution is 2.23. The summed E-state index contributed by atoms with van der Waals surface area (Å²) >= 11 is 1.42. The van der Waals surface area contributed by atoms with Gasteiger partial charge in [-0.05, 0) is 18.6 Å². The van der Waals surface area contributed by atoms with E-state index < -0.39 is 0 Å². The highest BCUT2D eigenvalue weighted by atomic mass is 32.1. The van der Waals surface area contributed by atoms with Crippen LogP contribution in [0.2, 0.25) is 0 Å². The third-order valence-corrected chi connectivity index (χ3v) is 2.31. The van der Waals surface area contributed by atoms with E-state index in [0.717, 1.165) is 15.9 Å². The number of anilines is 1. The van der Waals surface area contributed by atoms with Crippen molar-refractivity contribution in [3.8, 4) is 0 Å². The summed E-state index contributed by atoms with van der Waals surface area (Å²) in [7, 11) is 0. The fraction of sp³-hybridized carbons (Fsp3) is 0.333. The van der Waals surface area contributed by atoms with Crippen LogP contribution in [0.15, 0.2) is 12.3 Å². The number of aryl methyl sites for hydroxylation is 1. The van der Waals surface area contributed by atoms with Gasteiger partial charge in [0.2, 0.25) is 0 Å². The Morgan fingerprint density at radius 2 is 2.08 bits per heavy atom. The molecule has 0 aliphatic heterocycles. The summed E-state index contributed by atoms with van der Waals surface area (Å²) in [5, 5.41) is 0.585. The Bertz CT molecular complexity index is 395. The first kappa shape index (κ1) is 9.92. The van der Waals surface area contributed by atoms with Crippen molar-refractivity contribution in [1.29, 1.82) is 0 Å². The lowest BCUT2D eigenvalue weighted by Crippen LogP contribution is -1.81. The van der Waals surface area contributed by atoms with Gasteiger partial charge in [-0.2, -0.15) is 0 Å². The summed E-state index contributed by atoms with van der Waals surface area (Å²) in [6, 6.07) is 1.93. The molecule has 70 valence electrons. The van der Waals surface area contributed by atoms with Gasteiger partial charge in [-0.15, -0.1) is 0 Å². The van der Waals surface area contributed by atoms with Gasteiger partial charge in [-0.1, -0.05) is 25.2 Å².